The second kappa shape index (κ2) is 7.14. The first kappa shape index (κ1) is 16.0. The van der Waals surface area contributed by atoms with E-state index in [9.17, 15) is 9.59 Å². The van der Waals surface area contributed by atoms with Crippen LogP contribution in [0.15, 0.2) is 48.5 Å². The van der Waals surface area contributed by atoms with Gasteiger partial charge in [0, 0.05) is 35.6 Å². The third-order valence-corrected chi connectivity index (χ3v) is 3.93. The Hall–Kier alpha value is -2.86. The molecule has 24 heavy (non-hydrogen) atoms. The van der Waals surface area contributed by atoms with Crippen molar-refractivity contribution in [3.8, 4) is 0 Å². The molecule has 0 bridgehead atoms. The van der Waals surface area contributed by atoms with E-state index in [1.807, 2.05) is 12.1 Å². The summed E-state index contributed by atoms with van der Waals surface area (Å²) in [5, 5.41) is 2.80. The summed E-state index contributed by atoms with van der Waals surface area (Å²) in [6.07, 6.45) is 0. The van der Waals surface area contributed by atoms with Crippen LogP contribution in [-0.2, 0) is 4.74 Å². The molecule has 0 spiro atoms. The number of nitrogens with two attached hydrogens (primary N) is 1. The third-order valence-electron chi connectivity index (χ3n) is 3.93. The number of primary amides is 1. The van der Waals surface area contributed by atoms with Crippen LogP contribution in [0.5, 0.6) is 0 Å². The van der Waals surface area contributed by atoms with E-state index < -0.39 is 5.91 Å². The molecule has 1 fully saturated rings. The first-order chi connectivity index (χ1) is 11.6. The standard InChI is InChI=1S/C18H19N3O3/c19-17(22)13-1-5-15(6-2-13)20-18(23)14-3-7-16(8-4-14)21-9-11-24-12-10-21/h1-8H,9-12H2,(H2,19,22)(H,20,23). The van der Waals surface area contributed by atoms with Crippen molar-refractivity contribution in [1.29, 1.82) is 0 Å². The Morgan fingerprint density at radius 2 is 1.50 bits per heavy atom. The summed E-state index contributed by atoms with van der Waals surface area (Å²) < 4.78 is 5.34. The highest BCUT2D eigenvalue weighted by atomic mass is 16.5. The maximum absolute atomic E-state index is 12.3. The SMILES string of the molecule is NC(=O)c1ccc(NC(=O)c2ccc(N3CCOCC3)cc2)cc1. The average Bonchev–Trinajstić information content (AvgIpc) is 2.63. The van der Waals surface area contributed by atoms with E-state index in [-0.39, 0.29) is 5.91 Å². The molecule has 3 rings (SSSR count). The van der Waals surface area contributed by atoms with Gasteiger partial charge in [-0.1, -0.05) is 0 Å². The zero-order chi connectivity index (χ0) is 16.9. The fourth-order valence-corrected chi connectivity index (χ4v) is 2.57. The van der Waals surface area contributed by atoms with Gasteiger partial charge in [-0.3, -0.25) is 9.59 Å². The number of anilines is 2. The van der Waals surface area contributed by atoms with Gasteiger partial charge in [-0.2, -0.15) is 0 Å². The van der Waals surface area contributed by atoms with Gasteiger partial charge in [0.05, 0.1) is 13.2 Å². The van der Waals surface area contributed by atoms with Gasteiger partial charge in [0.15, 0.2) is 0 Å². The Balaban J connectivity index is 1.65. The summed E-state index contributed by atoms with van der Waals surface area (Å²) in [6.45, 7) is 3.17. The van der Waals surface area contributed by atoms with Gasteiger partial charge in [-0.25, -0.2) is 0 Å². The van der Waals surface area contributed by atoms with Gasteiger partial charge in [0.2, 0.25) is 5.91 Å². The molecule has 1 aliphatic rings. The fraction of sp³-hybridized carbons (Fsp3) is 0.222. The van der Waals surface area contributed by atoms with Crippen molar-refractivity contribution in [2.45, 2.75) is 0 Å². The van der Waals surface area contributed by atoms with Crippen molar-refractivity contribution in [2.24, 2.45) is 5.73 Å². The highest BCUT2D eigenvalue weighted by Gasteiger charge is 2.12. The highest BCUT2D eigenvalue weighted by molar-refractivity contribution is 6.04. The molecule has 124 valence electrons. The summed E-state index contributed by atoms with van der Waals surface area (Å²) in [5.41, 5.74) is 7.87. The van der Waals surface area contributed by atoms with E-state index in [1.54, 1.807) is 36.4 Å². The summed E-state index contributed by atoms with van der Waals surface area (Å²) in [7, 11) is 0. The monoisotopic (exact) mass is 325 g/mol. The summed E-state index contributed by atoms with van der Waals surface area (Å²) in [6, 6.07) is 14.0. The van der Waals surface area contributed by atoms with Gasteiger partial charge < -0.3 is 20.7 Å². The zero-order valence-electron chi connectivity index (χ0n) is 13.2. The quantitative estimate of drug-likeness (QED) is 0.899. The molecule has 0 saturated carbocycles. The lowest BCUT2D eigenvalue weighted by Crippen LogP contribution is -2.36. The lowest BCUT2D eigenvalue weighted by atomic mass is 10.1. The van der Waals surface area contributed by atoms with E-state index in [0.717, 1.165) is 32.0 Å². The topological polar surface area (TPSA) is 84.7 Å². The maximum Gasteiger partial charge on any atom is 0.255 e. The van der Waals surface area contributed by atoms with Crippen LogP contribution < -0.4 is 16.0 Å². The molecule has 1 heterocycles. The molecule has 3 N–H and O–H groups in total. The lowest BCUT2D eigenvalue weighted by molar-refractivity contribution is 0.0998. The number of hydrogen-bond acceptors (Lipinski definition) is 4. The van der Waals surface area contributed by atoms with E-state index >= 15 is 0 Å². The van der Waals surface area contributed by atoms with Gasteiger partial charge in [0.1, 0.15) is 0 Å². The van der Waals surface area contributed by atoms with Gasteiger partial charge in [0.25, 0.3) is 5.91 Å². The van der Waals surface area contributed by atoms with Crippen molar-refractivity contribution < 1.29 is 14.3 Å². The molecule has 1 aliphatic heterocycles. The van der Waals surface area contributed by atoms with Crippen LogP contribution in [0.3, 0.4) is 0 Å². The second-order valence-corrected chi connectivity index (χ2v) is 5.54. The molecule has 0 aromatic heterocycles. The predicted octanol–water partition coefficient (Wildman–Crippen LogP) is 1.87. The molecule has 2 aromatic carbocycles. The summed E-state index contributed by atoms with van der Waals surface area (Å²) in [5.74, 6) is -0.693. The molecular weight excluding hydrogens is 306 g/mol. The van der Waals surface area contributed by atoms with Crippen molar-refractivity contribution in [2.75, 3.05) is 36.5 Å². The molecule has 2 aromatic rings. The number of nitrogens with zero attached hydrogens (tertiary/aromatic N) is 1. The molecule has 0 unspecified atom stereocenters. The predicted molar refractivity (Wildman–Crippen MR) is 92.4 cm³/mol. The van der Waals surface area contributed by atoms with Crippen molar-refractivity contribution in [3.05, 3.63) is 59.7 Å². The summed E-state index contributed by atoms with van der Waals surface area (Å²) in [4.78, 5) is 25.6. The number of carbonyl (C=O) groups excluding carboxylic acids is 2. The van der Waals surface area contributed by atoms with Crippen LogP contribution in [0.4, 0.5) is 11.4 Å². The Bertz CT molecular complexity index is 720. The average molecular weight is 325 g/mol. The normalized spacial score (nSPS) is 14.2. The van der Waals surface area contributed by atoms with Crippen LogP contribution in [-0.4, -0.2) is 38.1 Å². The molecule has 6 heteroatoms. The lowest BCUT2D eigenvalue weighted by Gasteiger charge is -2.28. The van der Waals surface area contributed by atoms with E-state index in [4.69, 9.17) is 10.5 Å². The number of carbonyl (C=O) groups is 2. The van der Waals surface area contributed by atoms with Crippen LogP contribution in [0.25, 0.3) is 0 Å². The highest BCUT2D eigenvalue weighted by Crippen LogP contribution is 2.18. The van der Waals surface area contributed by atoms with Crippen molar-refractivity contribution in [1.82, 2.24) is 0 Å². The van der Waals surface area contributed by atoms with E-state index in [2.05, 4.69) is 10.2 Å². The molecular formula is C18H19N3O3. The number of ether oxygens (including phenoxy) is 1. The fourth-order valence-electron chi connectivity index (χ4n) is 2.57. The van der Waals surface area contributed by atoms with Gasteiger partial charge in [-0.05, 0) is 48.5 Å². The molecule has 1 saturated heterocycles. The van der Waals surface area contributed by atoms with Gasteiger partial charge >= 0.3 is 0 Å². The Labute approximate surface area is 140 Å². The molecule has 0 atom stereocenters. The number of amides is 2. The minimum atomic E-state index is -0.494. The number of rotatable bonds is 4. The van der Waals surface area contributed by atoms with Crippen molar-refractivity contribution >= 4 is 23.2 Å². The van der Waals surface area contributed by atoms with Crippen LogP contribution in [0, 0.1) is 0 Å². The second-order valence-electron chi connectivity index (χ2n) is 5.54. The third kappa shape index (κ3) is 3.72. The van der Waals surface area contributed by atoms with E-state index in [1.165, 1.54) is 0 Å². The van der Waals surface area contributed by atoms with Crippen LogP contribution in [0.2, 0.25) is 0 Å². The summed E-state index contributed by atoms with van der Waals surface area (Å²) >= 11 is 0. The number of morpholine rings is 1. The first-order valence-electron chi connectivity index (χ1n) is 7.77. The zero-order valence-corrected chi connectivity index (χ0v) is 13.2. The van der Waals surface area contributed by atoms with E-state index in [0.29, 0.717) is 16.8 Å². The van der Waals surface area contributed by atoms with Crippen LogP contribution >= 0.6 is 0 Å². The largest absolute Gasteiger partial charge is 0.378 e. The van der Waals surface area contributed by atoms with Gasteiger partial charge in [-0.15, -0.1) is 0 Å². The Kier molecular flexibility index (Phi) is 4.77. The first-order valence-corrected chi connectivity index (χ1v) is 7.77. The molecule has 2 amide bonds. The Morgan fingerprint density at radius 3 is 2.08 bits per heavy atom. The number of nitrogens with one attached hydrogen (secondary N) is 1. The number of hydrogen-bond donors (Lipinski definition) is 2. The van der Waals surface area contributed by atoms with Crippen molar-refractivity contribution in [3.63, 3.8) is 0 Å². The molecule has 0 aliphatic carbocycles. The maximum atomic E-state index is 12.3. The molecule has 6 nitrogen and oxygen atoms in total. The smallest absolute Gasteiger partial charge is 0.255 e. The minimum Gasteiger partial charge on any atom is -0.378 e. The number of benzene rings is 2. The molecule has 0 radical (unpaired) electrons. The Morgan fingerprint density at radius 1 is 0.917 bits per heavy atom. The minimum absolute atomic E-state index is 0.199. The van der Waals surface area contributed by atoms with Crippen LogP contribution in [0.1, 0.15) is 20.7 Å².